The molecule has 0 unspecified atom stereocenters. The Labute approximate surface area is 125 Å². The van der Waals surface area contributed by atoms with Gasteiger partial charge in [0.1, 0.15) is 5.15 Å². The van der Waals surface area contributed by atoms with Crippen molar-refractivity contribution < 1.29 is 9.72 Å². The average molecular weight is 306 g/mol. The fourth-order valence-corrected chi connectivity index (χ4v) is 2.10. The summed E-state index contributed by atoms with van der Waals surface area (Å²) in [5.74, 6) is -0.402. The molecule has 1 heterocycles. The Balaban J connectivity index is 2.27. The number of pyridine rings is 1. The highest BCUT2D eigenvalue weighted by molar-refractivity contribution is 6.29. The Morgan fingerprint density at radius 2 is 2.00 bits per heavy atom. The SMILES string of the molecule is Cc1cc(C(=O)Nc2ccc(C)c([N+](=O)[O-])c2)cc(Cl)n1. The van der Waals surface area contributed by atoms with Crippen LogP contribution in [-0.2, 0) is 0 Å². The number of anilines is 1. The molecule has 0 aliphatic rings. The first-order chi connectivity index (χ1) is 9.86. The molecule has 1 N–H and O–H groups in total. The highest BCUT2D eigenvalue weighted by Crippen LogP contribution is 2.23. The number of amides is 1. The normalized spacial score (nSPS) is 10.2. The van der Waals surface area contributed by atoms with Crippen molar-refractivity contribution in [1.29, 1.82) is 0 Å². The van der Waals surface area contributed by atoms with Gasteiger partial charge in [-0.3, -0.25) is 14.9 Å². The van der Waals surface area contributed by atoms with Crippen molar-refractivity contribution in [2.75, 3.05) is 5.32 Å². The van der Waals surface area contributed by atoms with Gasteiger partial charge in [-0.05, 0) is 32.0 Å². The Bertz CT molecular complexity index is 711. The molecule has 1 amide bonds. The van der Waals surface area contributed by atoms with Crippen LogP contribution in [0.2, 0.25) is 5.15 Å². The van der Waals surface area contributed by atoms with E-state index >= 15 is 0 Å². The summed E-state index contributed by atoms with van der Waals surface area (Å²) in [6, 6.07) is 7.54. The summed E-state index contributed by atoms with van der Waals surface area (Å²) in [6.45, 7) is 3.36. The minimum atomic E-state index is -0.488. The molecule has 1 aromatic carbocycles. The number of nitrogens with one attached hydrogen (secondary N) is 1. The van der Waals surface area contributed by atoms with Crippen LogP contribution in [0.4, 0.5) is 11.4 Å². The van der Waals surface area contributed by atoms with Gasteiger partial charge in [-0.15, -0.1) is 0 Å². The molecular formula is C14H12ClN3O3. The predicted octanol–water partition coefficient (Wildman–Crippen LogP) is 3.51. The molecule has 0 spiro atoms. The van der Waals surface area contributed by atoms with Gasteiger partial charge < -0.3 is 5.32 Å². The largest absolute Gasteiger partial charge is 0.322 e. The van der Waals surface area contributed by atoms with Gasteiger partial charge in [-0.25, -0.2) is 4.98 Å². The first-order valence-corrected chi connectivity index (χ1v) is 6.45. The fourth-order valence-electron chi connectivity index (χ4n) is 1.85. The second-order valence-electron chi connectivity index (χ2n) is 4.53. The summed E-state index contributed by atoms with van der Waals surface area (Å²) in [6.07, 6.45) is 0. The van der Waals surface area contributed by atoms with Gasteiger partial charge in [0, 0.05) is 28.6 Å². The Morgan fingerprint density at radius 3 is 2.62 bits per heavy atom. The van der Waals surface area contributed by atoms with Crippen molar-refractivity contribution in [2.24, 2.45) is 0 Å². The summed E-state index contributed by atoms with van der Waals surface area (Å²) in [5, 5.41) is 13.7. The Kier molecular flexibility index (Phi) is 4.18. The molecule has 6 nitrogen and oxygen atoms in total. The molecule has 1 aromatic heterocycles. The molecule has 108 valence electrons. The van der Waals surface area contributed by atoms with Gasteiger partial charge in [0.15, 0.2) is 0 Å². The van der Waals surface area contributed by atoms with Crippen LogP contribution < -0.4 is 5.32 Å². The summed E-state index contributed by atoms with van der Waals surface area (Å²) in [4.78, 5) is 26.5. The molecule has 2 aromatic rings. The van der Waals surface area contributed by atoms with Crippen LogP contribution in [0.15, 0.2) is 30.3 Å². The van der Waals surface area contributed by atoms with Crippen LogP contribution in [0.1, 0.15) is 21.6 Å². The van der Waals surface area contributed by atoms with E-state index in [0.717, 1.165) is 0 Å². The zero-order chi connectivity index (χ0) is 15.6. The molecule has 0 aliphatic carbocycles. The molecule has 21 heavy (non-hydrogen) atoms. The number of rotatable bonds is 3. The minimum absolute atomic E-state index is 0.0447. The van der Waals surface area contributed by atoms with E-state index in [1.54, 1.807) is 32.0 Å². The molecule has 0 radical (unpaired) electrons. The average Bonchev–Trinajstić information content (AvgIpc) is 2.39. The van der Waals surface area contributed by atoms with Crippen molar-refractivity contribution in [3.05, 3.63) is 62.4 Å². The van der Waals surface area contributed by atoms with Gasteiger partial charge in [-0.1, -0.05) is 17.7 Å². The minimum Gasteiger partial charge on any atom is -0.322 e. The Hall–Kier alpha value is -2.47. The molecule has 0 bridgehead atoms. The molecule has 7 heteroatoms. The van der Waals surface area contributed by atoms with Crippen molar-refractivity contribution in [1.82, 2.24) is 4.98 Å². The zero-order valence-corrected chi connectivity index (χ0v) is 12.1. The zero-order valence-electron chi connectivity index (χ0n) is 11.4. The van der Waals surface area contributed by atoms with Crippen molar-refractivity contribution in [3.63, 3.8) is 0 Å². The third-order valence-corrected chi connectivity index (χ3v) is 3.04. The number of carbonyl (C=O) groups excluding carboxylic acids is 1. The van der Waals surface area contributed by atoms with Crippen LogP contribution in [0.3, 0.4) is 0 Å². The Morgan fingerprint density at radius 1 is 1.29 bits per heavy atom. The summed E-state index contributed by atoms with van der Waals surface area (Å²) in [7, 11) is 0. The maximum atomic E-state index is 12.1. The van der Waals surface area contributed by atoms with Crippen molar-refractivity contribution >= 4 is 28.9 Å². The van der Waals surface area contributed by atoms with Gasteiger partial charge in [0.25, 0.3) is 11.6 Å². The van der Waals surface area contributed by atoms with Gasteiger partial charge in [0.2, 0.25) is 0 Å². The molecule has 0 atom stereocenters. The number of nitro benzene ring substituents is 1. The first kappa shape index (κ1) is 14.9. The smallest absolute Gasteiger partial charge is 0.274 e. The lowest BCUT2D eigenvalue weighted by Gasteiger charge is -2.07. The molecule has 0 saturated heterocycles. The van der Waals surface area contributed by atoms with Crippen LogP contribution in [0, 0.1) is 24.0 Å². The highest BCUT2D eigenvalue weighted by atomic mass is 35.5. The van der Waals surface area contributed by atoms with E-state index in [0.29, 0.717) is 22.5 Å². The standard InChI is InChI=1S/C14H12ClN3O3/c1-8-3-4-11(7-12(8)18(20)21)17-14(19)10-5-9(2)16-13(15)6-10/h3-7H,1-2H3,(H,17,19). The monoisotopic (exact) mass is 305 g/mol. The predicted molar refractivity (Wildman–Crippen MR) is 79.8 cm³/mol. The first-order valence-electron chi connectivity index (χ1n) is 6.07. The number of hydrogen-bond donors (Lipinski definition) is 1. The van der Waals surface area contributed by atoms with E-state index in [4.69, 9.17) is 11.6 Å². The van der Waals surface area contributed by atoms with Crippen LogP contribution in [0.25, 0.3) is 0 Å². The second kappa shape index (κ2) is 5.88. The van der Waals surface area contributed by atoms with Gasteiger partial charge in [0.05, 0.1) is 4.92 Å². The van der Waals surface area contributed by atoms with E-state index in [1.807, 2.05) is 0 Å². The summed E-state index contributed by atoms with van der Waals surface area (Å²) < 4.78 is 0. The van der Waals surface area contributed by atoms with E-state index in [-0.39, 0.29) is 10.8 Å². The van der Waals surface area contributed by atoms with Crippen LogP contribution in [0.5, 0.6) is 0 Å². The maximum absolute atomic E-state index is 12.1. The van der Waals surface area contributed by atoms with Crippen molar-refractivity contribution in [2.45, 2.75) is 13.8 Å². The molecule has 0 aliphatic heterocycles. The number of aromatic nitrogens is 1. The second-order valence-corrected chi connectivity index (χ2v) is 4.92. The van der Waals surface area contributed by atoms with Gasteiger partial charge >= 0.3 is 0 Å². The highest BCUT2D eigenvalue weighted by Gasteiger charge is 2.13. The third-order valence-electron chi connectivity index (χ3n) is 2.85. The van der Waals surface area contributed by atoms with E-state index < -0.39 is 10.8 Å². The number of nitro groups is 1. The lowest BCUT2D eigenvalue weighted by atomic mass is 10.1. The number of aryl methyl sites for hydroxylation is 2. The van der Waals surface area contributed by atoms with Crippen molar-refractivity contribution in [3.8, 4) is 0 Å². The van der Waals surface area contributed by atoms with Gasteiger partial charge in [-0.2, -0.15) is 0 Å². The fraction of sp³-hybridized carbons (Fsp3) is 0.143. The topological polar surface area (TPSA) is 85.1 Å². The molecule has 0 saturated carbocycles. The quantitative estimate of drug-likeness (QED) is 0.534. The number of benzene rings is 1. The number of carbonyl (C=O) groups is 1. The van der Waals surface area contributed by atoms with E-state index in [2.05, 4.69) is 10.3 Å². The number of nitrogens with zero attached hydrogens (tertiary/aromatic N) is 2. The number of halogens is 1. The van der Waals surface area contributed by atoms with Crippen LogP contribution >= 0.6 is 11.6 Å². The van der Waals surface area contributed by atoms with Crippen LogP contribution in [-0.4, -0.2) is 15.8 Å². The van der Waals surface area contributed by atoms with E-state index in [1.165, 1.54) is 12.1 Å². The summed E-state index contributed by atoms with van der Waals surface area (Å²) >= 11 is 5.80. The molecule has 0 fully saturated rings. The number of hydrogen-bond acceptors (Lipinski definition) is 4. The summed E-state index contributed by atoms with van der Waals surface area (Å²) in [5.41, 5.74) is 1.79. The maximum Gasteiger partial charge on any atom is 0.274 e. The lowest BCUT2D eigenvalue weighted by molar-refractivity contribution is -0.385. The third kappa shape index (κ3) is 3.55. The van der Waals surface area contributed by atoms with E-state index in [9.17, 15) is 14.9 Å². The lowest BCUT2D eigenvalue weighted by Crippen LogP contribution is -2.12. The molecule has 2 rings (SSSR count). The molecular weight excluding hydrogens is 294 g/mol.